The van der Waals surface area contributed by atoms with E-state index < -0.39 is 6.04 Å². The third-order valence-electron chi connectivity index (χ3n) is 3.86. The van der Waals surface area contributed by atoms with Gasteiger partial charge in [-0.05, 0) is 49.7 Å². The Kier molecular flexibility index (Phi) is 6.85. The Morgan fingerprint density at radius 3 is 2.65 bits per heavy atom. The standard InChI is InChI=1S/C19H26N2O4S/c1-6-24-18(22)16-12(4)20-19(26)21-17(16)13-7-8-14(15(9-13)23-5)25-10-11(2)3/h7-9,11,17H,6,10H2,1-5H3,(H2,20,21,26)/t17-/m0/s1. The number of methoxy groups -OCH3 is 1. The second-order valence-electron chi connectivity index (χ2n) is 6.41. The van der Waals surface area contributed by atoms with E-state index in [1.165, 1.54) is 0 Å². The van der Waals surface area contributed by atoms with Gasteiger partial charge >= 0.3 is 5.97 Å². The van der Waals surface area contributed by atoms with Crippen molar-refractivity contribution in [3.8, 4) is 11.5 Å². The Morgan fingerprint density at radius 2 is 2.04 bits per heavy atom. The highest BCUT2D eigenvalue weighted by Crippen LogP contribution is 2.34. The van der Waals surface area contributed by atoms with Gasteiger partial charge in [0.25, 0.3) is 0 Å². The molecule has 0 bridgehead atoms. The number of hydrogen-bond donors (Lipinski definition) is 2. The van der Waals surface area contributed by atoms with Crippen molar-refractivity contribution in [2.75, 3.05) is 20.3 Å². The molecule has 0 fully saturated rings. The summed E-state index contributed by atoms with van der Waals surface area (Å²) >= 11 is 5.26. The third kappa shape index (κ3) is 4.66. The topological polar surface area (TPSA) is 68.8 Å². The van der Waals surface area contributed by atoms with Crippen molar-refractivity contribution in [1.82, 2.24) is 10.6 Å². The molecule has 0 unspecified atom stereocenters. The number of carbonyl (C=O) groups is 1. The predicted octanol–water partition coefficient (Wildman–Crippen LogP) is 3.09. The smallest absolute Gasteiger partial charge is 0.338 e. The number of rotatable bonds is 7. The van der Waals surface area contributed by atoms with Crippen LogP contribution in [0.5, 0.6) is 11.5 Å². The van der Waals surface area contributed by atoms with Crippen LogP contribution in [0.3, 0.4) is 0 Å². The van der Waals surface area contributed by atoms with E-state index in [-0.39, 0.29) is 5.97 Å². The monoisotopic (exact) mass is 378 g/mol. The van der Waals surface area contributed by atoms with Gasteiger partial charge in [-0.1, -0.05) is 19.9 Å². The maximum Gasteiger partial charge on any atom is 0.338 e. The summed E-state index contributed by atoms with van der Waals surface area (Å²) in [6.07, 6.45) is 0. The Bertz CT molecular complexity index is 715. The molecule has 0 aromatic heterocycles. The summed E-state index contributed by atoms with van der Waals surface area (Å²) in [5, 5.41) is 6.58. The predicted molar refractivity (Wildman–Crippen MR) is 104 cm³/mol. The molecule has 2 rings (SSSR count). The van der Waals surface area contributed by atoms with Crippen LogP contribution in [0.2, 0.25) is 0 Å². The highest BCUT2D eigenvalue weighted by molar-refractivity contribution is 7.80. The van der Waals surface area contributed by atoms with E-state index in [2.05, 4.69) is 24.5 Å². The quantitative estimate of drug-likeness (QED) is 0.558. The molecular formula is C19H26N2O4S. The maximum atomic E-state index is 12.4. The van der Waals surface area contributed by atoms with Gasteiger partial charge in [0, 0.05) is 5.70 Å². The highest BCUT2D eigenvalue weighted by atomic mass is 32.1. The summed E-state index contributed by atoms with van der Waals surface area (Å²) in [4.78, 5) is 12.4. The largest absolute Gasteiger partial charge is 0.493 e. The molecule has 6 nitrogen and oxygen atoms in total. The van der Waals surface area contributed by atoms with Gasteiger partial charge in [-0.25, -0.2) is 4.79 Å². The molecule has 26 heavy (non-hydrogen) atoms. The van der Waals surface area contributed by atoms with Crippen LogP contribution in [0, 0.1) is 5.92 Å². The summed E-state index contributed by atoms with van der Waals surface area (Å²) in [6.45, 7) is 8.65. The number of allylic oxidation sites excluding steroid dienone is 1. The fourth-order valence-corrected chi connectivity index (χ4v) is 2.93. The lowest BCUT2D eigenvalue weighted by atomic mass is 9.95. The summed E-state index contributed by atoms with van der Waals surface area (Å²) in [7, 11) is 1.59. The second-order valence-corrected chi connectivity index (χ2v) is 6.81. The number of nitrogens with one attached hydrogen (secondary N) is 2. The average Bonchev–Trinajstić information content (AvgIpc) is 2.59. The van der Waals surface area contributed by atoms with Gasteiger partial charge in [0.05, 0.1) is 31.9 Å². The highest BCUT2D eigenvalue weighted by Gasteiger charge is 2.31. The van der Waals surface area contributed by atoms with Crippen molar-refractivity contribution in [3.63, 3.8) is 0 Å². The molecule has 1 aliphatic rings. The van der Waals surface area contributed by atoms with E-state index in [0.717, 1.165) is 5.56 Å². The van der Waals surface area contributed by atoms with Crippen LogP contribution in [-0.2, 0) is 9.53 Å². The van der Waals surface area contributed by atoms with Crippen LogP contribution in [0.1, 0.15) is 39.3 Å². The Hall–Kier alpha value is -2.28. The number of esters is 1. The van der Waals surface area contributed by atoms with Gasteiger partial charge in [0.1, 0.15) is 0 Å². The molecule has 1 aliphatic heterocycles. The second kappa shape index (κ2) is 8.89. The minimum Gasteiger partial charge on any atom is -0.493 e. The number of ether oxygens (including phenoxy) is 3. The van der Waals surface area contributed by atoms with E-state index in [4.69, 9.17) is 26.4 Å². The van der Waals surface area contributed by atoms with E-state index in [1.54, 1.807) is 14.0 Å². The van der Waals surface area contributed by atoms with Crippen molar-refractivity contribution in [1.29, 1.82) is 0 Å². The first-order valence-corrected chi connectivity index (χ1v) is 9.04. The molecule has 0 radical (unpaired) electrons. The lowest BCUT2D eigenvalue weighted by Gasteiger charge is -2.30. The average molecular weight is 378 g/mol. The van der Waals surface area contributed by atoms with Crippen molar-refractivity contribution < 1.29 is 19.0 Å². The maximum absolute atomic E-state index is 12.4. The SMILES string of the molecule is CCOC(=O)C1=C(C)NC(=S)N[C@H]1c1ccc(OCC(C)C)c(OC)c1. The van der Waals surface area contributed by atoms with E-state index in [9.17, 15) is 4.79 Å². The Morgan fingerprint density at radius 1 is 1.31 bits per heavy atom. The molecule has 142 valence electrons. The molecular weight excluding hydrogens is 352 g/mol. The Labute approximate surface area is 159 Å². The van der Waals surface area contributed by atoms with Gasteiger partial charge in [-0.2, -0.15) is 0 Å². The Balaban J connectivity index is 2.39. The van der Waals surface area contributed by atoms with Crippen LogP contribution in [0.15, 0.2) is 29.5 Å². The molecule has 2 N–H and O–H groups in total. The molecule has 0 saturated carbocycles. The zero-order valence-corrected chi connectivity index (χ0v) is 16.7. The molecule has 0 amide bonds. The molecule has 0 saturated heterocycles. The van der Waals surface area contributed by atoms with E-state index in [0.29, 0.717) is 47.0 Å². The number of hydrogen-bond acceptors (Lipinski definition) is 5. The fourth-order valence-electron chi connectivity index (χ4n) is 2.66. The summed E-state index contributed by atoms with van der Waals surface area (Å²) < 4.78 is 16.5. The minimum atomic E-state index is -0.421. The van der Waals surface area contributed by atoms with Gasteiger partial charge in [-0.3, -0.25) is 0 Å². The first kappa shape index (κ1) is 20.0. The first-order chi connectivity index (χ1) is 12.4. The van der Waals surface area contributed by atoms with Crippen LogP contribution in [0.25, 0.3) is 0 Å². The molecule has 1 aromatic carbocycles. The van der Waals surface area contributed by atoms with Crippen LogP contribution in [0.4, 0.5) is 0 Å². The number of benzene rings is 1. The van der Waals surface area contributed by atoms with Crippen molar-refractivity contribution in [3.05, 3.63) is 35.0 Å². The van der Waals surface area contributed by atoms with Gasteiger partial charge < -0.3 is 24.8 Å². The van der Waals surface area contributed by atoms with Gasteiger partial charge in [0.2, 0.25) is 0 Å². The van der Waals surface area contributed by atoms with Crippen molar-refractivity contribution in [2.24, 2.45) is 5.92 Å². The lowest BCUT2D eigenvalue weighted by molar-refractivity contribution is -0.139. The summed E-state index contributed by atoms with van der Waals surface area (Å²) in [5.41, 5.74) is 2.01. The van der Waals surface area contributed by atoms with Crippen molar-refractivity contribution >= 4 is 23.3 Å². The molecule has 7 heteroatoms. The molecule has 1 heterocycles. The first-order valence-electron chi connectivity index (χ1n) is 8.63. The zero-order chi connectivity index (χ0) is 19.3. The van der Waals surface area contributed by atoms with Crippen LogP contribution < -0.4 is 20.1 Å². The molecule has 1 atom stereocenters. The third-order valence-corrected chi connectivity index (χ3v) is 4.08. The zero-order valence-electron chi connectivity index (χ0n) is 15.8. The van der Waals surface area contributed by atoms with Gasteiger partial charge in [-0.15, -0.1) is 0 Å². The summed E-state index contributed by atoms with van der Waals surface area (Å²) in [5.74, 6) is 1.30. The molecule has 0 spiro atoms. The fraction of sp³-hybridized carbons (Fsp3) is 0.474. The van der Waals surface area contributed by atoms with Crippen molar-refractivity contribution in [2.45, 2.75) is 33.7 Å². The lowest BCUT2D eigenvalue weighted by Crippen LogP contribution is -2.45. The van der Waals surface area contributed by atoms with E-state index in [1.807, 2.05) is 25.1 Å². The molecule has 0 aliphatic carbocycles. The van der Waals surface area contributed by atoms with E-state index >= 15 is 0 Å². The number of carbonyl (C=O) groups excluding carboxylic acids is 1. The van der Waals surface area contributed by atoms with Crippen LogP contribution in [-0.4, -0.2) is 31.4 Å². The normalized spacial score (nSPS) is 16.8. The number of thiocarbonyl (C=S) groups is 1. The molecule has 1 aromatic rings. The van der Waals surface area contributed by atoms with Crippen LogP contribution >= 0.6 is 12.2 Å². The van der Waals surface area contributed by atoms with Gasteiger partial charge in [0.15, 0.2) is 16.6 Å². The minimum absolute atomic E-state index is 0.304. The summed E-state index contributed by atoms with van der Waals surface area (Å²) in [6, 6.07) is 5.18.